The molecule has 1 aromatic carbocycles. The quantitative estimate of drug-likeness (QED) is 0.525. The Morgan fingerprint density at radius 2 is 2.00 bits per heavy atom. The maximum absolute atomic E-state index is 12.9. The molecule has 0 fully saturated rings. The van der Waals surface area contributed by atoms with E-state index in [9.17, 15) is 19.5 Å². The zero-order chi connectivity index (χ0) is 21.3. The van der Waals surface area contributed by atoms with Crippen LogP contribution in [0, 0.1) is 0 Å². The van der Waals surface area contributed by atoms with Gasteiger partial charge >= 0.3 is 0 Å². The fourth-order valence-corrected chi connectivity index (χ4v) is 3.25. The smallest absolute Gasteiger partial charge is 0.279 e. The molecule has 0 atom stereocenters. The Kier molecular flexibility index (Phi) is 5.07. The summed E-state index contributed by atoms with van der Waals surface area (Å²) in [7, 11) is 0. The maximum atomic E-state index is 12.9. The van der Waals surface area contributed by atoms with E-state index in [0.29, 0.717) is 5.02 Å². The van der Waals surface area contributed by atoms with Crippen LogP contribution in [0.25, 0.3) is 5.52 Å². The number of aromatic nitrogens is 3. The van der Waals surface area contributed by atoms with Gasteiger partial charge in [-0.3, -0.25) is 19.4 Å². The Labute approximate surface area is 174 Å². The van der Waals surface area contributed by atoms with Crippen molar-refractivity contribution in [3.8, 4) is 5.75 Å². The molecule has 0 radical (unpaired) electrons. The molecular weight excluding hydrogens is 408 g/mol. The van der Waals surface area contributed by atoms with E-state index < -0.39 is 22.6 Å². The summed E-state index contributed by atoms with van der Waals surface area (Å²) >= 11 is 5.98. The van der Waals surface area contributed by atoms with Gasteiger partial charge in [-0.15, -0.1) is 0 Å². The second-order valence-corrected chi connectivity index (χ2v) is 6.97. The van der Waals surface area contributed by atoms with Crippen molar-refractivity contribution in [2.75, 3.05) is 5.32 Å². The van der Waals surface area contributed by atoms with E-state index in [1.165, 1.54) is 46.0 Å². The highest BCUT2D eigenvalue weighted by Gasteiger charge is 2.17. The van der Waals surface area contributed by atoms with E-state index in [-0.39, 0.29) is 23.3 Å². The molecule has 0 saturated carbocycles. The van der Waals surface area contributed by atoms with Gasteiger partial charge in [0.2, 0.25) is 5.43 Å². The predicted octanol–water partition coefficient (Wildman–Crippen LogP) is 2.52. The minimum atomic E-state index is -0.857. The van der Waals surface area contributed by atoms with E-state index in [1.807, 2.05) is 6.07 Å². The van der Waals surface area contributed by atoms with Crippen LogP contribution in [0.5, 0.6) is 5.75 Å². The molecule has 4 aromatic rings. The van der Waals surface area contributed by atoms with Gasteiger partial charge < -0.3 is 19.4 Å². The van der Waals surface area contributed by atoms with Crippen molar-refractivity contribution in [2.45, 2.75) is 6.54 Å². The highest BCUT2D eigenvalue weighted by atomic mass is 35.5. The molecule has 150 valence electrons. The Bertz CT molecular complexity index is 1380. The Balaban J connectivity index is 1.74. The molecule has 1 amide bonds. The number of hydrogen-bond acceptors (Lipinski definition) is 5. The standard InChI is InChI=1S/C21H15ClN4O4/c22-15-5-1-3-13(9-15)11-26-8-7-25-12-16(18(27)19(28)17(25)21(26)30)24-20(29)14-4-2-6-23-10-14/h1-10,12,28H,11H2,(H,24,29). The molecule has 0 aliphatic heterocycles. The molecule has 4 rings (SSSR count). The van der Waals surface area contributed by atoms with Crippen LogP contribution < -0.4 is 16.3 Å². The summed E-state index contributed by atoms with van der Waals surface area (Å²) in [5.41, 5.74) is -0.730. The van der Waals surface area contributed by atoms with Crippen LogP contribution in [0.2, 0.25) is 5.02 Å². The number of benzene rings is 1. The Morgan fingerprint density at radius 3 is 2.73 bits per heavy atom. The van der Waals surface area contributed by atoms with Crippen molar-refractivity contribution in [1.29, 1.82) is 0 Å². The van der Waals surface area contributed by atoms with Crippen LogP contribution >= 0.6 is 11.6 Å². The Morgan fingerprint density at radius 1 is 1.17 bits per heavy atom. The molecule has 0 bridgehead atoms. The monoisotopic (exact) mass is 422 g/mol. The number of nitrogens with one attached hydrogen (secondary N) is 1. The minimum absolute atomic E-state index is 0.161. The summed E-state index contributed by atoms with van der Waals surface area (Å²) in [6.07, 6.45) is 7.19. The van der Waals surface area contributed by atoms with Gasteiger partial charge in [-0.2, -0.15) is 0 Å². The molecule has 0 aliphatic carbocycles. The number of carbonyl (C=O) groups excluding carboxylic acids is 1. The SMILES string of the molecule is O=C(Nc1cn2ccn(Cc3cccc(Cl)c3)c(=O)c2c(O)c1=O)c1cccnc1. The summed E-state index contributed by atoms with van der Waals surface area (Å²) < 4.78 is 2.65. The number of amides is 1. The second kappa shape index (κ2) is 7.84. The average Bonchev–Trinajstić information content (AvgIpc) is 2.74. The third kappa shape index (κ3) is 3.68. The molecule has 0 aliphatic rings. The summed E-state index contributed by atoms with van der Waals surface area (Å²) in [5.74, 6) is -1.31. The van der Waals surface area contributed by atoms with Gasteiger partial charge in [-0.25, -0.2) is 0 Å². The average molecular weight is 423 g/mol. The lowest BCUT2D eigenvalue weighted by molar-refractivity contribution is 0.102. The summed E-state index contributed by atoms with van der Waals surface area (Å²) in [6.45, 7) is 0.211. The van der Waals surface area contributed by atoms with E-state index in [4.69, 9.17) is 11.6 Å². The molecule has 3 aromatic heterocycles. The molecular formula is C21H15ClN4O4. The number of pyridine rings is 2. The molecule has 0 saturated heterocycles. The van der Waals surface area contributed by atoms with Crippen LogP contribution in [0.15, 0.2) is 77.0 Å². The highest BCUT2D eigenvalue weighted by Crippen LogP contribution is 2.16. The number of carbonyl (C=O) groups is 1. The van der Waals surface area contributed by atoms with Gasteiger partial charge in [-0.1, -0.05) is 23.7 Å². The molecule has 9 heteroatoms. The maximum Gasteiger partial charge on any atom is 0.279 e. The highest BCUT2D eigenvalue weighted by molar-refractivity contribution is 6.30. The number of nitrogens with zero attached hydrogens (tertiary/aromatic N) is 3. The number of fused-ring (bicyclic) bond motifs is 1. The predicted molar refractivity (Wildman–Crippen MR) is 112 cm³/mol. The van der Waals surface area contributed by atoms with Crippen molar-refractivity contribution in [3.63, 3.8) is 0 Å². The molecule has 8 nitrogen and oxygen atoms in total. The zero-order valence-corrected chi connectivity index (χ0v) is 16.2. The van der Waals surface area contributed by atoms with Gasteiger partial charge in [0.1, 0.15) is 5.69 Å². The summed E-state index contributed by atoms with van der Waals surface area (Å²) in [5, 5.41) is 13.4. The van der Waals surface area contributed by atoms with Crippen molar-refractivity contribution in [3.05, 3.63) is 104 Å². The van der Waals surface area contributed by atoms with Gasteiger partial charge in [0.05, 0.1) is 12.1 Å². The first-order valence-corrected chi connectivity index (χ1v) is 9.25. The van der Waals surface area contributed by atoms with Crippen molar-refractivity contribution in [2.24, 2.45) is 0 Å². The molecule has 2 N–H and O–H groups in total. The van der Waals surface area contributed by atoms with E-state index >= 15 is 0 Å². The first-order chi connectivity index (χ1) is 14.4. The van der Waals surface area contributed by atoms with Crippen LogP contribution in [-0.4, -0.2) is 25.0 Å². The number of rotatable bonds is 4. The molecule has 30 heavy (non-hydrogen) atoms. The fourth-order valence-electron chi connectivity index (χ4n) is 3.04. The van der Waals surface area contributed by atoms with E-state index in [1.54, 1.807) is 24.3 Å². The number of anilines is 1. The second-order valence-electron chi connectivity index (χ2n) is 6.53. The lowest BCUT2D eigenvalue weighted by Crippen LogP contribution is -2.26. The van der Waals surface area contributed by atoms with E-state index in [0.717, 1.165) is 5.56 Å². The zero-order valence-electron chi connectivity index (χ0n) is 15.4. The van der Waals surface area contributed by atoms with Crippen molar-refractivity contribution >= 4 is 28.7 Å². The largest absolute Gasteiger partial charge is 0.502 e. The molecule has 0 spiro atoms. The lowest BCUT2D eigenvalue weighted by atomic mass is 10.2. The number of hydrogen-bond donors (Lipinski definition) is 2. The van der Waals surface area contributed by atoms with Gasteiger partial charge in [0.15, 0.2) is 11.3 Å². The van der Waals surface area contributed by atoms with Gasteiger partial charge in [0.25, 0.3) is 11.5 Å². The molecule has 0 unspecified atom stereocenters. The van der Waals surface area contributed by atoms with Crippen LogP contribution in [-0.2, 0) is 6.54 Å². The third-order valence-corrected chi connectivity index (χ3v) is 4.73. The van der Waals surface area contributed by atoms with Crippen LogP contribution in [0.4, 0.5) is 5.69 Å². The van der Waals surface area contributed by atoms with Gasteiger partial charge in [-0.05, 0) is 29.8 Å². The minimum Gasteiger partial charge on any atom is -0.502 e. The number of aromatic hydroxyl groups is 1. The summed E-state index contributed by atoms with van der Waals surface area (Å²) in [6, 6.07) is 10.1. The first kappa shape index (κ1) is 19.4. The van der Waals surface area contributed by atoms with E-state index in [2.05, 4.69) is 10.3 Å². The number of halogens is 1. The van der Waals surface area contributed by atoms with Crippen molar-refractivity contribution < 1.29 is 9.90 Å². The first-order valence-electron chi connectivity index (χ1n) is 8.87. The lowest BCUT2D eigenvalue weighted by Gasteiger charge is -2.12. The molecule has 3 heterocycles. The van der Waals surface area contributed by atoms with Gasteiger partial charge in [0, 0.05) is 36.0 Å². The normalized spacial score (nSPS) is 10.8. The Hall–Kier alpha value is -3.91. The third-order valence-electron chi connectivity index (χ3n) is 4.49. The van der Waals surface area contributed by atoms with Crippen molar-refractivity contribution in [1.82, 2.24) is 14.0 Å². The topological polar surface area (TPSA) is 106 Å². The fraction of sp³-hybridized carbons (Fsp3) is 0.0476. The summed E-state index contributed by atoms with van der Waals surface area (Å²) in [4.78, 5) is 41.6. The van der Waals surface area contributed by atoms with Crippen LogP contribution in [0.3, 0.4) is 0 Å². The van der Waals surface area contributed by atoms with Crippen LogP contribution in [0.1, 0.15) is 15.9 Å².